The summed E-state index contributed by atoms with van der Waals surface area (Å²) in [6.45, 7) is 0.379. The highest BCUT2D eigenvalue weighted by atomic mass is 79.9. The zero-order chi connectivity index (χ0) is 24.1. The average Bonchev–Trinajstić information content (AvgIpc) is 3.07. The molecule has 0 aromatic heterocycles. The number of nitrogens with zero attached hydrogens (tertiary/aromatic N) is 1. The van der Waals surface area contributed by atoms with Crippen molar-refractivity contribution in [3.8, 4) is 11.5 Å². The molecule has 4 rings (SSSR count). The molecule has 1 fully saturated rings. The first-order valence-electron chi connectivity index (χ1n) is 10.2. The monoisotopic (exact) mass is 545 g/mol. The maximum Gasteiger partial charge on any atom is 0.293 e. The molecule has 0 spiro atoms. The van der Waals surface area contributed by atoms with Crippen molar-refractivity contribution in [2.45, 2.75) is 6.61 Å². The van der Waals surface area contributed by atoms with Crippen LogP contribution in [0.25, 0.3) is 6.08 Å². The Labute approximate surface area is 207 Å². The highest BCUT2D eigenvalue weighted by Gasteiger charge is 2.34. The van der Waals surface area contributed by atoms with Gasteiger partial charge in [-0.2, -0.15) is 0 Å². The number of carbonyl (C=O) groups excluding carboxylic acids is 2. The zero-order valence-corrected chi connectivity index (χ0v) is 20.1. The molecule has 1 heterocycles. The van der Waals surface area contributed by atoms with Gasteiger partial charge in [0.2, 0.25) is 0 Å². The van der Waals surface area contributed by atoms with E-state index in [-0.39, 0.29) is 36.6 Å². The van der Waals surface area contributed by atoms with Crippen LogP contribution in [-0.4, -0.2) is 29.2 Å². The molecule has 0 bridgehead atoms. The third kappa shape index (κ3) is 6.03. The molecule has 0 atom stereocenters. The van der Waals surface area contributed by atoms with Gasteiger partial charge in [-0.1, -0.05) is 18.2 Å². The Morgan fingerprint density at radius 3 is 2.47 bits per heavy atom. The van der Waals surface area contributed by atoms with Gasteiger partial charge in [-0.25, -0.2) is 8.78 Å². The molecular formula is C25H18BrF2NO4S. The second-order valence-electron chi connectivity index (χ2n) is 7.24. The van der Waals surface area contributed by atoms with Crippen LogP contribution in [0.5, 0.6) is 11.5 Å². The van der Waals surface area contributed by atoms with Crippen LogP contribution in [0.15, 0.2) is 76.1 Å². The van der Waals surface area contributed by atoms with Crippen molar-refractivity contribution in [2.75, 3.05) is 13.2 Å². The molecule has 0 radical (unpaired) electrons. The standard InChI is InChI=1S/C25H18BrF2NO4S/c26-21-13-16(4-9-22(21)33-15-17-2-1-3-19(28)12-17)14-23-24(30)29(25(31)34-23)10-11-32-20-7-5-18(27)6-8-20/h1-9,12-14H,10-11,15H2/b23-14-. The van der Waals surface area contributed by atoms with Gasteiger partial charge in [0.15, 0.2) is 0 Å². The van der Waals surface area contributed by atoms with Gasteiger partial charge in [0.25, 0.3) is 11.1 Å². The van der Waals surface area contributed by atoms with Crippen LogP contribution in [0, 0.1) is 11.6 Å². The molecule has 0 unspecified atom stereocenters. The molecule has 34 heavy (non-hydrogen) atoms. The van der Waals surface area contributed by atoms with Gasteiger partial charge in [0, 0.05) is 0 Å². The fourth-order valence-electron chi connectivity index (χ4n) is 3.14. The van der Waals surface area contributed by atoms with E-state index in [9.17, 15) is 18.4 Å². The minimum absolute atomic E-state index is 0.0793. The predicted octanol–water partition coefficient (Wildman–Crippen LogP) is 6.42. The second-order valence-corrected chi connectivity index (χ2v) is 9.09. The lowest BCUT2D eigenvalue weighted by atomic mass is 10.2. The lowest BCUT2D eigenvalue weighted by molar-refractivity contribution is -0.123. The Morgan fingerprint density at radius 2 is 1.74 bits per heavy atom. The summed E-state index contributed by atoms with van der Waals surface area (Å²) in [5.74, 6) is -0.0890. The van der Waals surface area contributed by atoms with E-state index in [1.165, 1.54) is 36.4 Å². The highest BCUT2D eigenvalue weighted by molar-refractivity contribution is 9.10. The van der Waals surface area contributed by atoms with E-state index in [0.29, 0.717) is 32.0 Å². The van der Waals surface area contributed by atoms with E-state index in [0.717, 1.165) is 16.7 Å². The molecule has 0 aliphatic carbocycles. The molecule has 9 heteroatoms. The van der Waals surface area contributed by atoms with E-state index in [1.54, 1.807) is 36.4 Å². The van der Waals surface area contributed by atoms with E-state index < -0.39 is 5.91 Å². The van der Waals surface area contributed by atoms with Crippen molar-refractivity contribution >= 4 is 44.9 Å². The van der Waals surface area contributed by atoms with Gasteiger partial charge in [-0.15, -0.1) is 0 Å². The number of amides is 2. The van der Waals surface area contributed by atoms with E-state index in [1.807, 2.05) is 0 Å². The van der Waals surface area contributed by atoms with E-state index in [2.05, 4.69) is 15.9 Å². The average molecular weight is 546 g/mol. The molecule has 0 saturated carbocycles. The molecule has 1 saturated heterocycles. The number of benzene rings is 3. The smallest absolute Gasteiger partial charge is 0.293 e. The Morgan fingerprint density at radius 1 is 0.941 bits per heavy atom. The fraction of sp³-hybridized carbons (Fsp3) is 0.120. The summed E-state index contributed by atoms with van der Waals surface area (Å²) in [6, 6.07) is 16.9. The first-order valence-corrected chi connectivity index (χ1v) is 11.8. The Balaban J connectivity index is 1.36. The van der Waals surface area contributed by atoms with Gasteiger partial charge in [0.1, 0.15) is 36.3 Å². The number of imide groups is 1. The summed E-state index contributed by atoms with van der Waals surface area (Å²) < 4.78 is 38.2. The van der Waals surface area contributed by atoms with Crippen molar-refractivity contribution in [2.24, 2.45) is 0 Å². The Hall–Kier alpha value is -3.17. The van der Waals surface area contributed by atoms with E-state index in [4.69, 9.17) is 9.47 Å². The minimum atomic E-state index is -0.403. The van der Waals surface area contributed by atoms with Gasteiger partial charge in [0.05, 0.1) is 15.9 Å². The van der Waals surface area contributed by atoms with Gasteiger partial charge in [-0.3, -0.25) is 14.5 Å². The van der Waals surface area contributed by atoms with Crippen molar-refractivity contribution in [1.29, 1.82) is 0 Å². The number of thioether (sulfide) groups is 1. The lowest BCUT2D eigenvalue weighted by Crippen LogP contribution is -2.32. The summed E-state index contributed by atoms with van der Waals surface area (Å²) in [4.78, 5) is 26.4. The maximum absolute atomic E-state index is 13.3. The number of hydrogen-bond donors (Lipinski definition) is 0. The quantitative estimate of drug-likeness (QED) is 0.305. The summed E-state index contributed by atoms with van der Waals surface area (Å²) in [7, 11) is 0. The normalized spacial score (nSPS) is 14.7. The summed E-state index contributed by atoms with van der Waals surface area (Å²) >= 11 is 4.30. The molecule has 0 N–H and O–H groups in total. The van der Waals surface area contributed by atoms with Crippen LogP contribution in [0.3, 0.4) is 0 Å². The third-order valence-corrected chi connectivity index (χ3v) is 6.34. The first kappa shape index (κ1) is 24.0. The highest BCUT2D eigenvalue weighted by Crippen LogP contribution is 2.34. The molecule has 3 aromatic carbocycles. The number of hydrogen-bond acceptors (Lipinski definition) is 5. The number of rotatable bonds is 8. The van der Waals surface area contributed by atoms with Gasteiger partial charge in [-0.05, 0) is 93.4 Å². The maximum atomic E-state index is 13.3. The van der Waals surface area contributed by atoms with Gasteiger partial charge < -0.3 is 9.47 Å². The van der Waals surface area contributed by atoms with E-state index >= 15 is 0 Å². The largest absolute Gasteiger partial charge is 0.492 e. The van der Waals surface area contributed by atoms with Crippen molar-refractivity contribution < 1.29 is 27.8 Å². The summed E-state index contributed by atoms with van der Waals surface area (Å²) in [5.41, 5.74) is 1.41. The zero-order valence-electron chi connectivity index (χ0n) is 17.7. The number of ether oxygens (including phenoxy) is 2. The molecule has 2 amide bonds. The Bertz CT molecular complexity index is 1250. The fourth-order valence-corrected chi connectivity index (χ4v) is 4.52. The number of carbonyl (C=O) groups is 2. The molecule has 5 nitrogen and oxygen atoms in total. The van der Waals surface area contributed by atoms with Crippen LogP contribution >= 0.6 is 27.7 Å². The topological polar surface area (TPSA) is 55.8 Å². The predicted molar refractivity (Wildman–Crippen MR) is 129 cm³/mol. The SMILES string of the molecule is O=C1S/C(=C\c2ccc(OCc3cccc(F)c3)c(Br)c2)C(=O)N1CCOc1ccc(F)cc1. The van der Waals surface area contributed by atoms with Crippen molar-refractivity contribution in [3.63, 3.8) is 0 Å². The summed E-state index contributed by atoms with van der Waals surface area (Å²) in [5, 5.41) is -0.381. The van der Waals surface area contributed by atoms with Crippen LogP contribution in [-0.2, 0) is 11.4 Å². The molecular weight excluding hydrogens is 528 g/mol. The molecule has 1 aliphatic rings. The number of halogens is 3. The molecule has 3 aromatic rings. The van der Waals surface area contributed by atoms with Crippen LogP contribution in [0.4, 0.5) is 13.6 Å². The van der Waals surface area contributed by atoms with Crippen molar-refractivity contribution in [1.82, 2.24) is 4.90 Å². The van der Waals surface area contributed by atoms with Gasteiger partial charge >= 0.3 is 0 Å². The second kappa shape index (κ2) is 10.8. The molecule has 1 aliphatic heterocycles. The lowest BCUT2D eigenvalue weighted by Gasteiger charge is -2.13. The minimum Gasteiger partial charge on any atom is -0.492 e. The molecule has 174 valence electrons. The summed E-state index contributed by atoms with van der Waals surface area (Å²) in [6.07, 6.45) is 1.63. The van der Waals surface area contributed by atoms with Crippen LogP contribution < -0.4 is 9.47 Å². The Kier molecular flexibility index (Phi) is 7.64. The third-order valence-electron chi connectivity index (χ3n) is 4.81. The van der Waals surface area contributed by atoms with Crippen LogP contribution in [0.2, 0.25) is 0 Å². The first-order chi connectivity index (χ1) is 16.4. The van der Waals surface area contributed by atoms with Crippen molar-refractivity contribution in [3.05, 3.63) is 98.9 Å². The van der Waals surface area contributed by atoms with Crippen LogP contribution in [0.1, 0.15) is 11.1 Å².